The van der Waals surface area contributed by atoms with E-state index in [1.54, 1.807) is 12.3 Å². The molecule has 1 aromatic carbocycles. The van der Waals surface area contributed by atoms with Gasteiger partial charge in [-0.1, -0.05) is 25.1 Å². The molecule has 2 aromatic rings. The van der Waals surface area contributed by atoms with Crippen LogP contribution in [0.5, 0.6) is 0 Å². The second-order valence-electron chi connectivity index (χ2n) is 4.24. The zero-order valence-electron chi connectivity index (χ0n) is 10.5. The van der Waals surface area contributed by atoms with Crippen molar-refractivity contribution in [3.05, 3.63) is 65.2 Å². The van der Waals surface area contributed by atoms with E-state index in [4.69, 9.17) is 0 Å². The molecular formula is C15H17FN2. The highest BCUT2D eigenvalue weighted by atomic mass is 19.1. The molecule has 0 amide bonds. The molecule has 0 fully saturated rings. The van der Waals surface area contributed by atoms with Crippen molar-refractivity contribution in [2.24, 2.45) is 0 Å². The van der Waals surface area contributed by atoms with Crippen LogP contribution in [-0.2, 0) is 13.0 Å². The van der Waals surface area contributed by atoms with E-state index in [-0.39, 0.29) is 5.82 Å². The van der Waals surface area contributed by atoms with Crippen molar-refractivity contribution in [3.8, 4) is 0 Å². The molecule has 1 aromatic heterocycles. The van der Waals surface area contributed by atoms with Gasteiger partial charge in [-0.3, -0.25) is 4.98 Å². The number of rotatable bonds is 5. The molecule has 0 unspecified atom stereocenters. The van der Waals surface area contributed by atoms with E-state index in [1.165, 1.54) is 0 Å². The normalized spacial score (nSPS) is 10.6. The van der Waals surface area contributed by atoms with Gasteiger partial charge in [0.2, 0.25) is 0 Å². The average Bonchev–Trinajstić information content (AvgIpc) is 2.39. The van der Waals surface area contributed by atoms with Gasteiger partial charge in [-0.05, 0) is 36.2 Å². The maximum absolute atomic E-state index is 13.8. The maximum atomic E-state index is 13.8. The Morgan fingerprint density at radius 1 is 1.22 bits per heavy atom. The van der Waals surface area contributed by atoms with Crippen LogP contribution in [0.1, 0.15) is 23.6 Å². The Morgan fingerprint density at radius 3 is 2.78 bits per heavy atom. The molecule has 0 saturated heterocycles. The van der Waals surface area contributed by atoms with Crippen molar-refractivity contribution in [3.63, 3.8) is 0 Å². The van der Waals surface area contributed by atoms with E-state index < -0.39 is 0 Å². The molecule has 0 aliphatic carbocycles. The summed E-state index contributed by atoms with van der Waals surface area (Å²) in [7, 11) is 0. The summed E-state index contributed by atoms with van der Waals surface area (Å²) in [6, 6.07) is 9.33. The quantitative estimate of drug-likeness (QED) is 0.874. The lowest BCUT2D eigenvalue weighted by Gasteiger charge is -2.07. The maximum Gasteiger partial charge on any atom is 0.127 e. The average molecular weight is 244 g/mol. The van der Waals surface area contributed by atoms with Crippen LogP contribution in [-0.4, -0.2) is 11.5 Å². The summed E-state index contributed by atoms with van der Waals surface area (Å²) in [5.74, 6) is -0.141. The lowest BCUT2D eigenvalue weighted by Crippen LogP contribution is -2.13. The van der Waals surface area contributed by atoms with Gasteiger partial charge in [-0.15, -0.1) is 0 Å². The molecule has 0 saturated carbocycles. The van der Waals surface area contributed by atoms with E-state index in [2.05, 4.69) is 10.3 Å². The fourth-order valence-corrected chi connectivity index (χ4v) is 1.84. The summed E-state index contributed by atoms with van der Waals surface area (Å²) < 4.78 is 13.8. The van der Waals surface area contributed by atoms with Crippen LogP contribution in [0.15, 0.2) is 42.7 Å². The molecule has 2 rings (SSSR count). The molecule has 0 bridgehead atoms. The van der Waals surface area contributed by atoms with Gasteiger partial charge in [0, 0.05) is 24.5 Å². The second-order valence-corrected chi connectivity index (χ2v) is 4.24. The molecular weight excluding hydrogens is 227 g/mol. The van der Waals surface area contributed by atoms with Crippen LogP contribution in [0.25, 0.3) is 0 Å². The summed E-state index contributed by atoms with van der Waals surface area (Å²) in [6.45, 7) is 3.43. The topological polar surface area (TPSA) is 24.9 Å². The molecule has 0 aliphatic heterocycles. The molecule has 18 heavy (non-hydrogen) atoms. The van der Waals surface area contributed by atoms with Crippen molar-refractivity contribution in [2.45, 2.75) is 19.9 Å². The van der Waals surface area contributed by atoms with Gasteiger partial charge < -0.3 is 5.32 Å². The standard InChI is InChI=1S/C15H17FN2/c1-2-17-11-14-6-5-12(9-15(14)16)8-13-4-3-7-18-10-13/h3-7,9-10,17H,2,8,11H2,1H3. The van der Waals surface area contributed by atoms with Gasteiger partial charge in [0.05, 0.1) is 0 Å². The molecule has 94 valence electrons. The molecule has 0 spiro atoms. The molecule has 1 N–H and O–H groups in total. The Hall–Kier alpha value is -1.74. The lowest BCUT2D eigenvalue weighted by atomic mass is 10.0. The molecule has 1 heterocycles. The third kappa shape index (κ3) is 3.37. The van der Waals surface area contributed by atoms with Crippen molar-refractivity contribution in [2.75, 3.05) is 6.54 Å². The van der Waals surface area contributed by atoms with Gasteiger partial charge in [0.1, 0.15) is 5.82 Å². The lowest BCUT2D eigenvalue weighted by molar-refractivity contribution is 0.592. The van der Waals surface area contributed by atoms with E-state index >= 15 is 0 Å². The zero-order valence-corrected chi connectivity index (χ0v) is 10.5. The highest BCUT2D eigenvalue weighted by Gasteiger charge is 2.04. The summed E-state index contributed by atoms with van der Waals surface area (Å²) in [6.07, 6.45) is 4.26. The number of benzene rings is 1. The first-order chi connectivity index (χ1) is 8.79. The first kappa shape index (κ1) is 12.7. The van der Waals surface area contributed by atoms with Gasteiger partial charge in [0.25, 0.3) is 0 Å². The first-order valence-electron chi connectivity index (χ1n) is 6.16. The molecule has 2 nitrogen and oxygen atoms in total. The van der Waals surface area contributed by atoms with Crippen LogP contribution < -0.4 is 5.32 Å². The van der Waals surface area contributed by atoms with E-state index in [0.29, 0.717) is 18.5 Å². The van der Waals surface area contributed by atoms with Crippen LogP contribution in [0.3, 0.4) is 0 Å². The zero-order chi connectivity index (χ0) is 12.8. The minimum Gasteiger partial charge on any atom is -0.313 e. The fourth-order valence-electron chi connectivity index (χ4n) is 1.84. The van der Waals surface area contributed by atoms with Crippen molar-refractivity contribution >= 4 is 0 Å². The minimum atomic E-state index is -0.141. The monoisotopic (exact) mass is 244 g/mol. The first-order valence-corrected chi connectivity index (χ1v) is 6.16. The summed E-state index contributed by atoms with van der Waals surface area (Å²) in [4.78, 5) is 4.06. The number of nitrogens with zero attached hydrogens (tertiary/aromatic N) is 1. The SMILES string of the molecule is CCNCc1ccc(Cc2cccnc2)cc1F. The molecule has 3 heteroatoms. The predicted molar refractivity (Wildman–Crippen MR) is 70.8 cm³/mol. The van der Waals surface area contributed by atoms with Gasteiger partial charge in [-0.25, -0.2) is 4.39 Å². The summed E-state index contributed by atoms with van der Waals surface area (Å²) >= 11 is 0. The highest BCUT2D eigenvalue weighted by Crippen LogP contribution is 2.13. The van der Waals surface area contributed by atoms with Crippen molar-refractivity contribution < 1.29 is 4.39 Å². The number of hydrogen-bond acceptors (Lipinski definition) is 2. The Morgan fingerprint density at radius 2 is 2.11 bits per heavy atom. The number of halogens is 1. The molecule has 0 radical (unpaired) electrons. The van der Waals surface area contributed by atoms with Gasteiger partial charge in [-0.2, -0.15) is 0 Å². The Bertz CT molecular complexity index is 497. The van der Waals surface area contributed by atoms with E-state index in [9.17, 15) is 4.39 Å². The highest BCUT2D eigenvalue weighted by molar-refractivity contribution is 5.28. The second kappa shape index (κ2) is 6.26. The third-order valence-corrected chi connectivity index (χ3v) is 2.81. The minimum absolute atomic E-state index is 0.141. The molecule has 0 aliphatic rings. The van der Waals surface area contributed by atoms with E-state index in [1.807, 2.05) is 37.4 Å². The van der Waals surface area contributed by atoms with Crippen LogP contribution >= 0.6 is 0 Å². The van der Waals surface area contributed by atoms with Gasteiger partial charge in [0.15, 0.2) is 0 Å². The number of pyridine rings is 1. The molecule has 0 atom stereocenters. The van der Waals surface area contributed by atoms with Gasteiger partial charge >= 0.3 is 0 Å². The number of nitrogens with one attached hydrogen (secondary N) is 1. The van der Waals surface area contributed by atoms with E-state index in [0.717, 1.165) is 17.7 Å². The van der Waals surface area contributed by atoms with Crippen molar-refractivity contribution in [1.82, 2.24) is 10.3 Å². The van der Waals surface area contributed by atoms with Crippen LogP contribution in [0.4, 0.5) is 4.39 Å². The smallest absolute Gasteiger partial charge is 0.127 e. The van der Waals surface area contributed by atoms with Crippen LogP contribution in [0.2, 0.25) is 0 Å². The number of aromatic nitrogens is 1. The Labute approximate surface area is 107 Å². The summed E-state index contributed by atoms with van der Waals surface area (Å²) in [5, 5.41) is 3.12. The largest absolute Gasteiger partial charge is 0.313 e. The third-order valence-electron chi connectivity index (χ3n) is 2.81. The fraction of sp³-hybridized carbons (Fsp3) is 0.267. The Kier molecular flexibility index (Phi) is 4.42. The predicted octanol–water partition coefficient (Wildman–Crippen LogP) is 2.92. The van der Waals surface area contributed by atoms with Crippen LogP contribution in [0, 0.1) is 5.82 Å². The Balaban J connectivity index is 2.09. The number of hydrogen-bond donors (Lipinski definition) is 1. The summed E-state index contributed by atoms with van der Waals surface area (Å²) in [5.41, 5.74) is 2.78. The van der Waals surface area contributed by atoms with Crippen molar-refractivity contribution in [1.29, 1.82) is 0 Å².